The van der Waals surface area contributed by atoms with E-state index in [9.17, 15) is 4.79 Å². The fourth-order valence-electron chi connectivity index (χ4n) is 1.46. The van der Waals surface area contributed by atoms with Crippen LogP contribution in [0.3, 0.4) is 0 Å². The molecule has 0 spiro atoms. The Kier molecular flexibility index (Phi) is 3.25. The second kappa shape index (κ2) is 5.01. The van der Waals surface area contributed by atoms with E-state index in [1.165, 1.54) is 6.20 Å². The first-order valence-corrected chi connectivity index (χ1v) is 5.15. The third-order valence-corrected chi connectivity index (χ3v) is 2.30. The Balaban J connectivity index is 2.39. The van der Waals surface area contributed by atoms with Crippen LogP contribution in [0.15, 0.2) is 30.7 Å². The van der Waals surface area contributed by atoms with Gasteiger partial charge >= 0.3 is 0 Å². The van der Waals surface area contributed by atoms with E-state index in [0.717, 1.165) is 5.56 Å². The maximum absolute atomic E-state index is 11.0. The van der Waals surface area contributed by atoms with Gasteiger partial charge in [0.2, 0.25) is 5.82 Å². The van der Waals surface area contributed by atoms with Gasteiger partial charge in [0.15, 0.2) is 0 Å². The molecule has 18 heavy (non-hydrogen) atoms. The van der Waals surface area contributed by atoms with Crippen molar-refractivity contribution in [2.75, 3.05) is 0 Å². The van der Waals surface area contributed by atoms with Gasteiger partial charge < -0.3 is 5.73 Å². The third kappa shape index (κ3) is 2.47. The van der Waals surface area contributed by atoms with Gasteiger partial charge in [0.05, 0.1) is 11.3 Å². The molecular formula is C12H9N5O. The Bertz CT molecular complexity index is 618. The molecule has 6 nitrogen and oxygen atoms in total. The van der Waals surface area contributed by atoms with E-state index in [0.29, 0.717) is 17.7 Å². The lowest BCUT2D eigenvalue weighted by molar-refractivity contribution is 0.0990. The van der Waals surface area contributed by atoms with Gasteiger partial charge in [-0.2, -0.15) is 5.26 Å². The van der Waals surface area contributed by atoms with Gasteiger partial charge in [0, 0.05) is 25.0 Å². The average molecular weight is 239 g/mol. The standard InChI is InChI=1S/C12H9N5O/c13-5-9-7-16-12(11(14)18)17-10(9)4-8-2-1-3-15-6-8/h1-3,6-7H,4H2,(H2,14,18). The van der Waals surface area contributed by atoms with E-state index in [1.807, 2.05) is 12.1 Å². The topological polar surface area (TPSA) is 106 Å². The number of aromatic nitrogens is 3. The number of hydrogen-bond donors (Lipinski definition) is 1. The second-order valence-corrected chi connectivity index (χ2v) is 3.57. The van der Waals surface area contributed by atoms with Gasteiger partial charge in [0.25, 0.3) is 5.91 Å². The number of pyridine rings is 1. The SMILES string of the molecule is N#Cc1cnc(C(N)=O)nc1Cc1cccnc1. The Morgan fingerprint density at radius 2 is 2.28 bits per heavy atom. The molecular weight excluding hydrogens is 230 g/mol. The number of hydrogen-bond acceptors (Lipinski definition) is 5. The van der Waals surface area contributed by atoms with Crippen LogP contribution in [-0.2, 0) is 6.42 Å². The van der Waals surface area contributed by atoms with Crippen LogP contribution in [-0.4, -0.2) is 20.9 Å². The van der Waals surface area contributed by atoms with Crippen molar-refractivity contribution in [1.82, 2.24) is 15.0 Å². The Morgan fingerprint density at radius 3 is 2.89 bits per heavy atom. The summed E-state index contributed by atoms with van der Waals surface area (Å²) in [6, 6.07) is 5.64. The number of nitriles is 1. The molecule has 1 amide bonds. The van der Waals surface area contributed by atoms with Crippen molar-refractivity contribution < 1.29 is 4.79 Å². The first-order chi connectivity index (χ1) is 8.70. The van der Waals surface area contributed by atoms with Crippen molar-refractivity contribution in [3.05, 3.63) is 53.4 Å². The molecule has 6 heteroatoms. The summed E-state index contributed by atoms with van der Waals surface area (Å²) in [6.07, 6.45) is 5.04. The first-order valence-electron chi connectivity index (χ1n) is 5.15. The molecule has 0 saturated carbocycles. The quantitative estimate of drug-likeness (QED) is 0.836. The maximum atomic E-state index is 11.0. The van der Waals surface area contributed by atoms with Crippen LogP contribution in [0.2, 0.25) is 0 Å². The zero-order valence-electron chi connectivity index (χ0n) is 9.37. The zero-order chi connectivity index (χ0) is 13.0. The lowest BCUT2D eigenvalue weighted by Crippen LogP contribution is -2.17. The summed E-state index contributed by atoms with van der Waals surface area (Å²) in [5, 5.41) is 8.96. The van der Waals surface area contributed by atoms with Crippen LogP contribution < -0.4 is 5.73 Å². The zero-order valence-corrected chi connectivity index (χ0v) is 9.37. The summed E-state index contributed by atoms with van der Waals surface area (Å²) in [4.78, 5) is 22.7. The molecule has 0 unspecified atom stereocenters. The molecule has 0 aliphatic carbocycles. The molecule has 2 N–H and O–H groups in total. The second-order valence-electron chi connectivity index (χ2n) is 3.57. The van der Waals surface area contributed by atoms with Crippen LogP contribution in [0, 0.1) is 11.3 Å². The Labute approximate surface area is 103 Å². The normalized spacial score (nSPS) is 9.72. The molecule has 0 radical (unpaired) electrons. The number of nitrogens with zero attached hydrogens (tertiary/aromatic N) is 4. The highest BCUT2D eigenvalue weighted by Crippen LogP contribution is 2.10. The van der Waals surface area contributed by atoms with E-state index in [4.69, 9.17) is 11.0 Å². The fraction of sp³-hybridized carbons (Fsp3) is 0.0833. The molecule has 0 aliphatic heterocycles. The highest BCUT2D eigenvalue weighted by atomic mass is 16.1. The summed E-state index contributed by atoms with van der Waals surface area (Å²) in [7, 11) is 0. The molecule has 2 rings (SSSR count). The van der Waals surface area contributed by atoms with Gasteiger partial charge in [-0.1, -0.05) is 6.07 Å². The summed E-state index contributed by atoms with van der Waals surface area (Å²) >= 11 is 0. The molecule has 2 aromatic heterocycles. The van der Waals surface area contributed by atoms with Crippen molar-refractivity contribution in [3.8, 4) is 6.07 Å². The summed E-state index contributed by atoms with van der Waals surface area (Å²) < 4.78 is 0. The lowest BCUT2D eigenvalue weighted by Gasteiger charge is -2.04. The van der Waals surface area contributed by atoms with E-state index in [2.05, 4.69) is 15.0 Å². The predicted octanol–water partition coefficient (Wildman–Crippen LogP) is 0.433. The number of carbonyl (C=O) groups is 1. The van der Waals surface area contributed by atoms with Crippen LogP contribution in [0.1, 0.15) is 27.4 Å². The monoisotopic (exact) mass is 239 g/mol. The van der Waals surface area contributed by atoms with Gasteiger partial charge in [-0.05, 0) is 11.6 Å². The van der Waals surface area contributed by atoms with Gasteiger partial charge in [0.1, 0.15) is 6.07 Å². The van der Waals surface area contributed by atoms with E-state index >= 15 is 0 Å². The number of amides is 1. The molecule has 88 valence electrons. The molecule has 0 bridgehead atoms. The van der Waals surface area contributed by atoms with Crippen molar-refractivity contribution in [3.63, 3.8) is 0 Å². The summed E-state index contributed by atoms with van der Waals surface area (Å²) in [5.74, 6) is -0.806. The van der Waals surface area contributed by atoms with Crippen LogP contribution in [0.25, 0.3) is 0 Å². The van der Waals surface area contributed by atoms with Gasteiger partial charge in [-0.15, -0.1) is 0 Å². The summed E-state index contributed by atoms with van der Waals surface area (Å²) in [6.45, 7) is 0. The van der Waals surface area contributed by atoms with Gasteiger partial charge in [-0.25, -0.2) is 9.97 Å². The van der Waals surface area contributed by atoms with Crippen molar-refractivity contribution in [1.29, 1.82) is 5.26 Å². The number of carbonyl (C=O) groups excluding carboxylic acids is 1. The van der Waals surface area contributed by atoms with Crippen LogP contribution in [0.4, 0.5) is 0 Å². The minimum Gasteiger partial charge on any atom is -0.363 e. The van der Waals surface area contributed by atoms with Crippen LogP contribution in [0.5, 0.6) is 0 Å². The smallest absolute Gasteiger partial charge is 0.286 e. The molecule has 0 atom stereocenters. The molecule has 0 fully saturated rings. The Hall–Kier alpha value is -2.81. The van der Waals surface area contributed by atoms with Crippen molar-refractivity contribution in [2.45, 2.75) is 6.42 Å². The highest BCUT2D eigenvalue weighted by Gasteiger charge is 2.11. The van der Waals surface area contributed by atoms with E-state index < -0.39 is 5.91 Å². The average Bonchev–Trinajstić information content (AvgIpc) is 2.39. The van der Waals surface area contributed by atoms with E-state index in [-0.39, 0.29) is 5.82 Å². The summed E-state index contributed by atoms with van der Waals surface area (Å²) in [5.41, 5.74) is 6.79. The number of primary amides is 1. The fourth-order valence-corrected chi connectivity index (χ4v) is 1.46. The number of nitrogens with two attached hydrogens (primary N) is 1. The Morgan fingerprint density at radius 1 is 1.44 bits per heavy atom. The van der Waals surface area contributed by atoms with E-state index in [1.54, 1.807) is 18.5 Å². The van der Waals surface area contributed by atoms with Crippen molar-refractivity contribution >= 4 is 5.91 Å². The molecule has 2 aromatic rings. The van der Waals surface area contributed by atoms with Crippen LogP contribution >= 0.6 is 0 Å². The molecule has 0 aliphatic rings. The van der Waals surface area contributed by atoms with Crippen molar-refractivity contribution in [2.24, 2.45) is 5.73 Å². The first kappa shape index (κ1) is 11.7. The molecule has 0 saturated heterocycles. The lowest BCUT2D eigenvalue weighted by atomic mass is 10.1. The molecule has 2 heterocycles. The highest BCUT2D eigenvalue weighted by molar-refractivity contribution is 5.88. The largest absolute Gasteiger partial charge is 0.363 e. The third-order valence-electron chi connectivity index (χ3n) is 2.30. The maximum Gasteiger partial charge on any atom is 0.286 e. The minimum atomic E-state index is -0.716. The number of rotatable bonds is 3. The predicted molar refractivity (Wildman–Crippen MR) is 62.3 cm³/mol. The molecule has 0 aromatic carbocycles. The minimum absolute atomic E-state index is 0.0899. The van der Waals surface area contributed by atoms with Gasteiger partial charge in [-0.3, -0.25) is 9.78 Å².